The Bertz CT molecular complexity index is 934. The lowest BCUT2D eigenvalue weighted by molar-refractivity contribution is 0.0730. The van der Waals surface area contributed by atoms with Gasteiger partial charge in [-0.15, -0.1) is 0 Å². The van der Waals surface area contributed by atoms with Gasteiger partial charge in [0, 0.05) is 31.9 Å². The molecule has 146 valence electrons. The fraction of sp³-hybridized carbons (Fsp3) is 0.375. The molecule has 0 aliphatic carbocycles. The minimum atomic E-state index is -3.69. The van der Waals surface area contributed by atoms with Crippen LogP contribution in [0.4, 0.5) is 16.3 Å². The summed E-state index contributed by atoms with van der Waals surface area (Å²) in [6.07, 6.45) is 0. The van der Waals surface area contributed by atoms with Crippen molar-refractivity contribution in [1.82, 2.24) is 14.1 Å². The largest absolute Gasteiger partial charge is 0.379 e. The van der Waals surface area contributed by atoms with Crippen LogP contribution in [0.3, 0.4) is 0 Å². The summed E-state index contributed by atoms with van der Waals surface area (Å²) in [6, 6.07) is 5.33. The molecule has 1 aromatic carbocycles. The van der Waals surface area contributed by atoms with Crippen molar-refractivity contribution in [3.63, 3.8) is 0 Å². The number of halogens is 1. The van der Waals surface area contributed by atoms with Gasteiger partial charge in [0.15, 0.2) is 5.82 Å². The number of sulfonamides is 1. The predicted molar refractivity (Wildman–Crippen MR) is 102 cm³/mol. The third-order valence-electron chi connectivity index (χ3n) is 4.15. The summed E-state index contributed by atoms with van der Waals surface area (Å²) in [6.45, 7) is 3.13. The molecule has 1 aliphatic rings. The van der Waals surface area contributed by atoms with Gasteiger partial charge in [-0.2, -0.15) is 9.40 Å². The quantitative estimate of drug-likeness (QED) is 0.797. The maximum atomic E-state index is 12.8. The molecule has 1 fully saturated rings. The fourth-order valence-electron chi connectivity index (χ4n) is 2.59. The van der Waals surface area contributed by atoms with Crippen LogP contribution in [0.2, 0.25) is 5.02 Å². The van der Waals surface area contributed by atoms with E-state index in [1.54, 1.807) is 17.8 Å². The predicted octanol–water partition coefficient (Wildman–Crippen LogP) is 2.05. The number of rotatable bonds is 4. The van der Waals surface area contributed by atoms with E-state index >= 15 is 0 Å². The summed E-state index contributed by atoms with van der Waals surface area (Å²) in [5.74, 6) is 0.376. The third kappa shape index (κ3) is 4.41. The molecule has 11 heteroatoms. The topological polar surface area (TPSA) is 106 Å². The second kappa shape index (κ2) is 7.85. The molecule has 2 heterocycles. The number of amides is 2. The molecule has 27 heavy (non-hydrogen) atoms. The Morgan fingerprint density at radius 3 is 2.56 bits per heavy atom. The van der Waals surface area contributed by atoms with Crippen molar-refractivity contribution in [3.8, 4) is 0 Å². The molecule has 0 spiro atoms. The van der Waals surface area contributed by atoms with Crippen molar-refractivity contribution in [1.29, 1.82) is 0 Å². The van der Waals surface area contributed by atoms with Crippen LogP contribution in [-0.4, -0.2) is 54.8 Å². The maximum Gasteiger partial charge on any atom is 0.324 e. The number of hydrogen-bond donors (Lipinski definition) is 2. The number of aromatic nitrogens is 2. The molecule has 9 nitrogen and oxygen atoms in total. The summed E-state index contributed by atoms with van der Waals surface area (Å²) in [7, 11) is -1.93. The number of nitrogens with one attached hydrogen (secondary N) is 2. The second-order valence-electron chi connectivity index (χ2n) is 6.03. The van der Waals surface area contributed by atoms with Crippen molar-refractivity contribution in [2.45, 2.75) is 11.8 Å². The highest BCUT2D eigenvalue weighted by atomic mass is 35.5. The van der Waals surface area contributed by atoms with E-state index in [1.165, 1.54) is 22.5 Å². The zero-order chi connectivity index (χ0) is 19.6. The van der Waals surface area contributed by atoms with E-state index in [4.69, 9.17) is 16.3 Å². The highest BCUT2D eigenvalue weighted by Crippen LogP contribution is 2.27. The number of ether oxygens (including phenoxy) is 1. The van der Waals surface area contributed by atoms with E-state index < -0.39 is 16.1 Å². The molecule has 2 aromatic rings. The molecule has 0 atom stereocenters. The average Bonchev–Trinajstić information content (AvgIpc) is 2.94. The summed E-state index contributed by atoms with van der Waals surface area (Å²) in [4.78, 5) is 12.3. The van der Waals surface area contributed by atoms with Crippen molar-refractivity contribution in [3.05, 3.63) is 35.0 Å². The van der Waals surface area contributed by atoms with Gasteiger partial charge in [0.25, 0.3) is 0 Å². The van der Waals surface area contributed by atoms with Crippen molar-refractivity contribution in [2.75, 3.05) is 36.9 Å². The number of nitrogens with zero attached hydrogens (tertiary/aromatic N) is 3. The van der Waals surface area contributed by atoms with Crippen LogP contribution in [0.25, 0.3) is 0 Å². The number of aryl methyl sites for hydroxylation is 2. The average molecular weight is 414 g/mol. The smallest absolute Gasteiger partial charge is 0.324 e. The van der Waals surface area contributed by atoms with Gasteiger partial charge < -0.3 is 10.1 Å². The van der Waals surface area contributed by atoms with E-state index in [9.17, 15) is 13.2 Å². The molecular formula is C16H20ClN5O4S. The number of carbonyl (C=O) groups is 1. The van der Waals surface area contributed by atoms with Gasteiger partial charge in [-0.1, -0.05) is 11.6 Å². The molecule has 3 rings (SSSR count). The van der Waals surface area contributed by atoms with Crippen molar-refractivity contribution < 1.29 is 17.9 Å². The van der Waals surface area contributed by atoms with Crippen LogP contribution in [0.15, 0.2) is 29.2 Å². The molecule has 1 aromatic heterocycles. The first-order valence-corrected chi connectivity index (χ1v) is 10.1. The van der Waals surface area contributed by atoms with Gasteiger partial charge in [0.2, 0.25) is 10.0 Å². The Morgan fingerprint density at radius 1 is 1.22 bits per heavy atom. The van der Waals surface area contributed by atoms with Crippen molar-refractivity contribution in [2.24, 2.45) is 7.05 Å². The molecule has 0 unspecified atom stereocenters. The Morgan fingerprint density at radius 2 is 1.93 bits per heavy atom. The summed E-state index contributed by atoms with van der Waals surface area (Å²) in [5, 5.41) is 9.50. The lowest BCUT2D eigenvalue weighted by Gasteiger charge is -2.26. The minimum absolute atomic E-state index is 0.0535. The van der Waals surface area contributed by atoms with E-state index in [0.717, 1.165) is 5.69 Å². The standard InChI is InChI=1S/C16H20ClN5O4S/c1-11-9-15(20-21(11)2)19-16(23)18-14-10-12(3-4-13(14)17)27(24,25)22-5-7-26-8-6-22/h3-4,9-10H,5-8H2,1-2H3,(H2,18,19,20,23). The first kappa shape index (κ1) is 19.6. The summed E-state index contributed by atoms with van der Waals surface area (Å²) in [5.41, 5.74) is 1.07. The Kier molecular flexibility index (Phi) is 5.70. The van der Waals surface area contributed by atoms with Crippen LogP contribution < -0.4 is 10.6 Å². The molecule has 0 bridgehead atoms. The van der Waals surface area contributed by atoms with Crippen LogP contribution in [0, 0.1) is 6.92 Å². The first-order chi connectivity index (χ1) is 12.8. The summed E-state index contributed by atoms with van der Waals surface area (Å²) < 4.78 is 33.7. The zero-order valence-corrected chi connectivity index (χ0v) is 16.5. The van der Waals surface area contributed by atoms with Crippen LogP contribution in [-0.2, 0) is 21.8 Å². The Balaban J connectivity index is 1.77. The van der Waals surface area contributed by atoms with Gasteiger partial charge in [-0.25, -0.2) is 13.2 Å². The SMILES string of the molecule is Cc1cc(NC(=O)Nc2cc(S(=O)(=O)N3CCOCC3)ccc2Cl)nn1C. The normalized spacial score (nSPS) is 15.5. The molecule has 2 amide bonds. The second-order valence-corrected chi connectivity index (χ2v) is 8.38. The molecule has 0 radical (unpaired) electrons. The van der Waals surface area contributed by atoms with E-state index in [1.807, 2.05) is 6.92 Å². The van der Waals surface area contributed by atoms with Crippen molar-refractivity contribution >= 4 is 39.2 Å². The number of morpholine rings is 1. The third-order valence-corrected chi connectivity index (χ3v) is 6.37. The lowest BCUT2D eigenvalue weighted by atomic mass is 10.3. The highest BCUT2D eigenvalue weighted by Gasteiger charge is 2.27. The molecule has 2 N–H and O–H groups in total. The van der Waals surface area contributed by atoms with Gasteiger partial charge in [-0.05, 0) is 25.1 Å². The maximum absolute atomic E-state index is 12.8. The van der Waals surface area contributed by atoms with E-state index in [0.29, 0.717) is 19.0 Å². The Hall–Kier alpha value is -2.14. The number of urea groups is 1. The van der Waals surface area contributed by atoms with Gasteiger partial charge in [0.1, 0.15) is 0 Å². The first-order valence-electron chi connectivity index (χ1n) is 8.23. The number of hydrogen-bond acceptors (Lipinski definition) is 5. The molecular weight excluding hydrogens is 394 g/mol. The number of carbonyl (C=O) groups excluding carboxylic acids is 1. The van der Waals surface area contributed by atoms with E-state index in [-0.39, 0.29) is 28.7 Å². The Labute approximate surface area is 162 Å². The molecule has 1 saturated heterocycles. The van der Waals surface area contributed by atoms with E-state index in [2.05, 4.69) is 15.7 Å². The lowest BCUT2D eigenvalue weighted by Crippen LogP contribution is -2.40. The zero-order valence-electron chi connectivity index (χ0n) is 14.9. The minimum Gasteiger partial charge on any atom is -0.379 e. The van der Waals surface area contributed by atoms with Gasteiger partial charge >= 0.3 is 6.03 Å². The number of anilines is 2. The summed E-state index contributed by atoms with van der Waals surface area (Å²) >= 11 is 6.12. The number of benzene rings is 1. The molecule has 1 aliphatic heterocycles. The van der Waals surface area contributed by atoms with Crippen LogP contribution in [0.1, 0.15) is 5.69 Å². The van der Waals surface area contributed by atoms with Crippen LogP contribution >= 0.6 is 11.6 Å². The highest BCUT2D eigenvalue weighted by molar-refractivity contribution is 7.89. The van der Waals surface area contributed by atoms with Gasteiger partial charge in [0.05, 0.1) is 28.8 Å². The monoisotopic (exact) mass is 413 g/mol. The van der Waals surface area contributed by atoms with Gasteiger partial charge in [-0.3, -0.25) is 10.00 Å². The fourth-order valence-corrected chi connectivity index (χ4v) is 4.19. The molecule has 0 saturated carbocycles. The van der Waals surface area contributed by atoms with Crippen LogP contribution in [0.5, 0.6) is 0 Å².